The second kappa shape index (κ2) is 39.7. The van der Waals surface area contributed by atoms with Gasteiger partial charge in [0.25, 0.3) is 0 Å². The summed E-state index contributed by atoms with van der Waals surface area (Å²) in [6.07, 6.45) is 41.9. The second-order valence-electron chi connectivity index (χ2n) is 15.1. The van der Waals surface area contributed by atoms with Gasteiger partial charge in [-0.2, -0.15) is 0 Å². The molecular formula is C45H81O10P. The number of aliphatic hydroxyl groups excluding tert-OH is 2. The van der Waals surface area contributed by atoms with Gasteiger partial charge in [-0.05, 0) is 32.1 Å². The number of phosphoric ester groups is 1. The van der Waals surface area contributed by atoms with Crippen molar-refractivity contribution < 1.29 is 48.2 Å². The fourth-order valence-electron chi connectivity index (χ4n) is 6.18. The van der Waals surface area contributed by atoms with Crippen molar-refractivity contribution in [2.45, 2.75) is 212 Å². The Bertz CT molecular complexity index is 1080. The molecule has 0 aromatic carbocycles. The van der Waals surface area contributed by atoms with Crippen LogP contribution in [0.25, 0.3) is 0 Å². The van der Waals surface area contributed by atoms with E-state index in [1.54, 1.807) is 18.2 Å². The first kappa shape index (κ1) is 53.9. The number of hydrogen-bond donors (Lipinski definition) is 4. The van der Waals surface area contributed by atoms with Gasteiger partial charge in [0.15, 0.2) is 6.10 Å². The van der Waals surface area contributed by atoms with E-state index in [0.29, 0.717) is 25.7 Å². The molecule has 0 aliphatic rings. The highest BCUT2D eigenvalue weighted by Crippen LogP contribution is 2.36. The second-order valence-corrected chi connectivity index (χ2v) is 16.3. The Morgan fingerprint density at radius 3 is 1.41 bits per heavy atom. The molecule has 0 rings (SSSR count). The number of aliphatic hydroxyl groups is 2. The Morgan fingerprint density at radius 2 is 0.946 bits per heavy atom. The SMILES string of the molecule is CCCCCCCCCCCCCCCCCCCCCC(=O)OC[C@H](COP(=O)(O)O)OC(=O)CCC[C@H](O)/C=C/C=C\C/C=C\C=C\[C@H](O)CCCCC. The molecule has 56 heavy (non-hydrogen) atoms. The van der Waals surface area contributed by atoms with Gasteiger partial charge in [0, 0.05) is 12.8 Å². The van der Waals surface area contributed by atoms with Crippen LogP contribution in [0, 0.1) is 0 Å². The lowest BCUT2D eigenvalue weighted by Gasteiger charge is -2.18. The Hall–Kier alpha value is -2.07. The van der Waals surface area contributed by atoms with Crippen molar-refractivity contribution in [3.8, 4) is 0 Å². The van der Waals surface area contributed by atoms with E-state index in [4.69, 9.17) is 19.3 Å². The van der Waals surface area contributed by atoms with E-state index < -0.39 is 44.7 Å². The molecule has 0 heterocycles. The molecular weight excluding hydrogens is 731 g/mol. The molecule has 326 valence electrons. The van der Waals surface area contributed by atoms with Gasteiger partial charge >= 0.3 is 19.8 Å². The minimum Gasteiger partial charge on any atom is -0.462 e. The maximum absolute atomic E-state index is 12.4. The molecule has 11 heteroatoms. The molecule has 0 aromatic rings. The molecule has 0 saturated carbocycles. The number of hydrogen-bond acceptors (Lipinski definition) is 8. The third kappa shape index (κ3) is 41.6. The highest BCUT2D eigenvalue weighted by atomic mass is 31.2. The Labute approximate surface area is 340 Å². The molecule has 0 saturated heterocycles. The highest BCUT2D eigenvalue weighted by molar-refractivity contribution is 7.46. The van der Waals surface area contributed by atoms with E-state index in [2.05, 4.69) is 18.4 Å². The quantitative estimate of drug-likeness (QED) is 0.0203. The van der Waals surface area contributed by atoms with E-state index in [9.17, 15) is 24.4 Å². The first-order chi connectivity index (χ1) is 27.1. The van der Waals surface area contributed by atoms with Crippen molar-refractivity contribution in [2.75, 3.05) is 13.2 Å². The van der Waals surface area contributed by atoms with E-state index in [1.165, 1.54) is 96.3 Å². The standard InChI is InChI=1S/C45H81O10P/c1-3-5-7-8-9-10-11-12-13-14-15-16-17-18-19-20-24-27-31-37-44(48)53-39-43(40-54-56(50,51)52)55-45(49)38-32-36-42(47)35-30-26-23-21-22-25-29-34-41(46)33-28-6-4-2/h22-23,25-26,29-30,34-35,41-43,46-47H,3-21,24,27-28,31-33,36-40H2,1-2H3,(H2,50,51,52)/b25-22-,26-23-,34-29+,35-30+/t41-,42-,43-/m1/s1. The van der Waals surface area contributed by atoms with Crippen LogP contribution in [-0.2, 0) is 28.2 Å². The van der Waals surface area contributed by atoms with Gasteiger partial charge in [0.05, 0.1) is 18.8 Å². The average molecular weight is 813 g/mol. The fraction of sp³-hybridized carbons (Fsp3) is 0.778. The van der Waals surface area contributed by atoms with Crippen molar-refractivity contribution >= 4 is 19.8 Å². The Morgan fingerprint density at radius 1 is 0.536 bits per heavy atom. The van der Waals surface area contributed by atoms with Gasteiger partial charge in [-0.1, -0.05) is 197 Å². The molecule has 0 aliphatic heterocycles. The number of unbranched alkanes of at least 4 members (excludes halogenated alkanes) is 20. The zero-order chi connectivity index (χ0) is 41.4. The van der Waals surface area contributed by atoms with Crippen LogP contribution in [0.3, 0.4) is 0 Å². The third-order valence-corrected chi connectivity index (χ3v) is 10.0. The Kier molecular flexibility index (Phi) is 38.3. The number of esters is 2. The molecule has 4 N–H and O–H groups in total. The van der Waals surface area contributed by atoms with Crippen LogP contribution in [0.2, 0.25) is 0 Å². The van der Waals surface area contributed by atoms with E-state index in [1.807, 2.05) is 30.4 Å². The lowest BCUT2D eigenvalue weighted by molar-refractivity contribution is -0.161. The van der Waals surface area contributed by atoms with Crippen LogP contribution in [0.15, 0.2) is 48.6 Å². The lowest BCUT2D eigenvalue weighted by Crippen LogP contribution is -2.29. The van der Waals surface area contributed by atoms with Gasteiger partial charge in [-0.15, -0.1) is 0 Å². The predicted octanol–water partition coefficient (Wildman–Crippen LogP) is 11.5. The zero-order valence-corrected chi connectivity index (χ0v) is 36.1. The first-order valence-corrected chi connectivity index (χ1v) is 23.7. The van der Waals surface area contributed by atoms with Gasteiger partial charge in [0.1, 0.15) is 6.61 Å². The van der Waals surface area contributed by atoms with Gasteiger partial charge in [-0.3, -0.25) is 14.1 Å². The molecule has 0 spiro atoms. The third-order valence-electron chi connectivity index (χ3n) is 9.56. The van der Waals surface area contributed by atoms with Gasteiger partial charge in [-0.25, -0.2) is 4.57 Å². The minimum atomic E-state index is -4.82. The monoisotopic (exact) mass is 813 g/mol. The van der Waals surface area contributed by atoms with Crippen molar-refractivity contribution in [2.24, 2.45) is 0 Å². The largest absolute Gasteiger partial charge is 0.469 e. The summed E-state index contributed by atoms with van der Waals surface area (Å²) in [5.41, 5.74) is 0. The number of rotatable bonds is 40. The topological polar surface area (TPSA) is 160 Å². The number of carbonyl (C=O) groups is 2. The first-order valence-electron chi connectivity index (χ1n) is 22.1. The number of phosphoric acid groups is 1. The summed E-state index contributed by atoms with van der Waals surface area (Å²) in [4.78, 5) is 42.9. The van der Waals surface area contributed by atoms with Crippen molar-refractivity contribution in [3.05, 3.63) is 48.6 Å². The molecule has 0 radical (unpaired) electrons. The number of ether oxygens (including phenoxy) is 2. The van der Waals surface area contributed by atoms with Crippen LogP contribution in [-0.4, -0.2) is 63.5 Å². The van der Waals surface area contributed by atoms with E-state index in [-0.39, 0.29) is 19.4 Å². The summed E-state index contributed by atoms with van der Waals surface area (Å²) in [5, 5.41) is 20.1. The highest BCUT2D eigenvalue weighted by Gasteiger charge is 2.23. The predicted molar refractivity (Wildman–Crippen MR) is 228 cm³/mol. The van der Waals surface area contributed by atoms with Crippen molar-refractivity contribution in [3.63, 3.8) is 0 Å². The van der Waals surface area contributed by atoms with Crippen LogP contribution < -0.4 is 0 Å². The average Bonchev–Trinajstić information content (AvgIpc) is 3.15. The smallest absolute Gasteiger partial charge is 0.462 e. The molecule has 3 atom stereocenters. The van der Waals surface area contributed by atoms with E-state index in [0.717, 1.165) is 44.9 Å². The summed E-state index contributed by atoms with van der Waals surface area (Å²) in [7, 11) is -4.82. The fourth-order valence-corrected chi connectivity index (χ4v) is 6.54. The minimum absolute atomic E-state index is 0.0356. The summed E-state index contributed by atoms with van der Waals surface area (Å²) in [5.74, 6) is -1.11. The van der Waals surface area contributed by atoms with Gasteiger partial charge in [0.2, 0.25) is 0 Å². The van der Waals surface area contributed by atoms with E-state index >= 15 is 0 Å². The molecule has 0 amide bonds. The summed E-state index contributed by atoms with van der Waals surface area (Å²) in [6.45, 7) is 3.41. The molecule has 0 aromatic heterocycles. The maximum Gasteiger partial charge on any atom is 0.469 e. The van der Waals surface area contributed by atoms with Crippen molar-refractivity contribution in [1.29, 1.82) is 0 Å². The zero-order valence-electron chi connectivity index (χ0n) is 35.2. The maximum atomic E-state index is 12.4. The molecule has 0 fully saturated rings. The van der Waals surface area contributed by atoms with Crippen LogP contribution >= 0.6 is 7.82 Å². The number of allylic oxidation sites excluding steroid dienone is 6. The Balaban J connectivity index is 4.09. The van der Waals surface area contributed by atoms with Crippen LogP contribution in [0.5, 0.6) is 0 Å². The molecule has 0 unspecified atom stereocenters. The molecule has 10 nitrogen and oxygen atoms in total. The summed E-state index contributed by atoms with van der Waals surface area (Å²) >= 11 is 0. The van der Waals surface area contributed by atoms with Crippen LogP contribution in [0.4, 0.5) is 0 Å². The number of carbonyl (C=O) groups excluding carboxylic acids is 2. The molecule has 0 bridgehead atoms. The molecule has 0 aliphatic carbocycles. The normalized spacial score (nSPS) is 14.0. The summed E-state index contributed by atoms with van der Waals surface area (Å²) < 4.78 is 26.3. The van der Waals surface area contributed by atoms with Crippen LogP contribution in [0.1, 0.15) is 194 Å². The van der Waals surface area contributed by atoms with Crippen molar-refractivity contribution in [1.82, 2.24) is 0 Å². The summed E-state index contributed by atoms with van der Waals surface area (Å²) in [6, 6.07) is 0. The van der Waals surface area contributed by atoms with Gasteiger partial charge < -0.3 is 29.5 Å². The lowest BCUT2D eigenvalue weighted by atomic mass is 10.0.